The van der Waals surface area contributed by atoms with E-state index in [1.54, 1.807) is 6.07 Å². The van der Waals surface area contributed by atoms with Gasteiger partial charge in [-0.3, -0.25) is 9.59 Å². The van der Waals surface area contributed by atoms with E-state index in [1.165, 1.54) is 12.8 Å². The number of hydrogen-bond donors (Lipinski definition) is 3. The minimum Gasteiger partial charge on any atom is -0.352 e. The molecule has 1 heterocycles. The van der Waals surface area contributed by atoms with Gasteiger partial charge < -0.3 is 16.0 Å². The maximum atomic E-state index is 12.1. The second-order valence-corrected chi connectivity index (χ2v) is 5.76. The number of rotatable bonds is 6. The first-order valence-corrected chi connectivity index (χ1v) is 7.67. The van der Waals surface area contributed by atoms with Crippen molar-refractivity contribution in [3.05, 3.63) is 29.3 Å². The zero-order chi connectivity index (χ0) is 14.7. The van der Waals surface area contributed by atoms with Gasteiger partial charge in [-0.2, -0.15) is 0 Å². The largest absolute Gasteiger partial charge is 0.352 e. The fraction of sp³-hybridized carbons (Fsp3) is 0.500. The molecule has 5 heteroatoms. The summed E-state index contributed by atoms with van der Waals surface area (Å²) in [7, 11) is 0. The summed E-state index contributed by atoms with van der Waals surface area (Å²) in [6, 6.07) is 6.18. The van der Waals surface area contributed by atoms with Crippen LogP contribution in [0.5, 0.6) is 0 Å². The van der Waals surface area contributed by atoms with Crippen LogP contribution in [0.15, 0.2) is 18.2 Å². The Morgan fingerprint density at radius 3 is 2.90 bits per heavy atom. The Morgan fingerprint density at radius 1 is 1.24 bits per heavy atom. The number of fused-ring (bicyclic) bond motifs is 1. The highest BCUT2D eigenvalue weighted by Gasteiger charge is 2.19. The van der Waals surface area contributed by atoms with Crippen molar-refractivity contribution in [2.24, 2.45) is 0 Å². The van der Waals surface area contributed by atoms with Crippen molar-refractivity contribution in [1.29, 1.82) is 0 Å². The lowest BCUT2D eigenvalue weighted by molar-refractivity contribution is -0.116. The van der Waals surface area contributed by atoms with Crippen LogP contribution < -0.4 is 16.0 Å². The molecule has 2 amide bonds. The molecule has 0 unspecified atom stereocenters. The maximum Gasteiger partial charge on any atom is 0.251 e. The third-order valence-corrected chi connectivity index (χ3v) is 3.91. The summed E-state index contributed by atoms with van der Waals surface area (Å²) in [6.07, 6.45) is 4.72. The van der Waals surface area contributed by atoms with Crippen molar-refractivity contribution in [3.63, 3.8) is 0 Å². The summed E-state index contributed by atoms with van der Waals surface area (Å²) in [5.41, 5.74) is 2.54. The van der Waals surface area contributed by atoms with Crippen molar-refractivity contribution in [1.82, 2.24) is 10.6 Å². The van der Waals surface area contributed by atoms with Crippen LogP contribution in [0.25, 0.3) is 0 Å². The molecule has 0 spiro atoms. The number of nitrogens with one attached hydrogen (secondary N) is 3. The van der Waals surface area contributed by atoms with Crippen LogP contribution in [0.1, 0.15) is 41.6 Å². The summed E-state index contributed by atoms with van der Waals surface area (Å²) in [6.45, 7) is 1.65. The highest BCUT2D eigenvalue weighted by molar-refractivity contribution is 5.97. The number of aryl methyl sites for hydroxylation is 1. The quantitative estimate of drug-likeness (QED) is 0.693. The van der Waals surface area contributed by atoms with Gasteiger partial charge in [-0.05, 0) is 56.0 Å². The highest BCUT2D eigenvalue weighted by Crippen LogP contribution is 2.23. The molecule has 1 aromatic carbocycles. The zero-order valence-electron chi connectivity index (χ0n) is 12.1. The lowest BCUT2D eigenvalue weighted by Gasteiger charge is -2.17. The fourth-order valence-corrected chi connectivity index (χ4v) is 2.51. The minimum absolute atomic E-state index is 0.0406. The Morgan fingerprint density at radius 2 is 2.10 bits per heavy atom. The molecule has 0 bridgehead atoms. The fourth-order valence-electron chi connectivity index (χ4n) is 2.51. The molecule has 112 valence electrons. The van der Waals surface area contributed by atoms with Gasteiger partial charge in [0, 0.05) is 30.3 Å². The number of amides is 2. The van der Waals surface area contributed by atoms with E-state index in [4.69, 9.17) is 0 Å². The number of benzene rings is 1. The predicted octanol–water partition coefficient (Wildman–Crippen LogP) is 1.44. The van der Waals surface area contributed by atoms with Gasteiger partial charge in [-0.25, -0.2) is 0 Å². The standard InChI is InChI=1S/C16H21N3O2/c20-15-7-3-11-10-12(2-6-14(11)19-15)16(21)18-9-1-8-17-13-4-5-13/h2,6,10,13,17H,1,3-5,7-9H2,(H,18,21)(H,19,20). The van der Waals surface area contributed by atoms with Crippen molar-refractivity contribution in [3.8, 4) is 0 Å². The smallest absolute Gasteiger partial charge is 0.251 e. The van der Waals surface area contributed by atoms with Crippen molar-refractivity contribution < 1.29 is 9.59 Å². The lowest BCUT2D eigenvalue weighted by Crippen LogP contribution is -2.28. The molecule has 3 rings (SSSR count). The van der Waals surface area contributed by atoms with E-state index in [9.17, 15) is 9.59 Å². The van der Waals surface area contributed by atoms with E-state index in [1.807, 2.05) is 12.1 Å². The van der Waals surface area contributed by atoms with E-state index < -0.39 is 0 Å². The van der Waals surface area contributed by atoms with Gasteiger partial charge in [0.15, 0.2) is 0 Å². The molecule has 0 atom stereocenters. The van der Waals surface area contributed by atoms with Gasteiger partial charge in [0.25, 0.3) is 5.91 Å². The molecule has 0 aromatic heterocycles. The predicted molar refractivity (Wildman–Crippen MR) is 81.4 cm³/mol. The Labute approximate surface area is 124 Å². The molecule has 1 fully saturated rings. The van der Waals surface area contributed by atoms with Crippen molar-refractivity contribution in [2.75, 3.05) is 18.4 Å². The first kappa shape index (κ1) is 14.1. The molecule has 0 radical (unpaired) electrons. The van der Waals surface area contributed by atoms with Crippen LogP contribution in [0.3, 0.4) is 0 Å². The van der Waals surface area contributed by atoms with Crippen LogP contribution in [0.2, 0.25) is 0 Å². The van der Waals surface area contributed by atoms with Crippen LogP contribution in [0.4, 0.5) is 5.69 Å². The van der Waals surface area contributed by atoms with Crippen LogP contribution in [0, 0.1) is 0 Å². The summed E-state index contributed by atoms with van der Waals surface area (Å²) in [5, 5.41) is 9.19. The summed E-state index contributed by atoms with van der Waals surface area (Å²) in [5.74, 6) is 0.00369. The second-order valence-electron chi connectivity index (χ2n) is 5.76. The second kappa shape index (κ2) is 6.26. The third kappa shape index (κ3) is 3.82. The number of carbonyl (C=O) groups is 2. The number of anilines is 1. The number of carbonyl (C=O) groups excluding carboxylic acids is 2. The van der Waals surface area contributed by atoms with Gasteiger partial charge in [-0.15, -0.1) is 0 Å². The molecule has 5 nitrogen and oxygen atoms in total. The molecule has 1 aliphatic carbocycles. The van der Waals surface area contributed by atoms with Crippen molar-refractivity contribution in [2.45, 2.75) is 38.1 Å². The Kier molecular flexibility index (Phi) is 4.20. The van der Waals surface area contributed by atoms with E-state index in [0.29, 0.717) is 24.9 Å². The molecule has 1 aliphatic heterocycles. The molecule has 0 saturated heterocycles. The van der Waals surface area contributed by atoms with E-state index >= 15 is 0 Å². The van der Waals surface area contributed by atoms with E-state index in [2.05, 4.69) is 16.0 Å². The van der Waals surface area contributed by atoms with Crippen molar-refractivity contribution >= 4 is 17.5 Å². The summed E-state index contributed by atoms with van der Waals surface area (Å²) >= 11 is 0. The maximum absolute atomic E-state index is 12.1. The Bertz CT molecular complexity index is 552. The molecule has 1 saturated carbocycles. The van der Waals surface area contributed by atoms with Gasteiger partial charge in [0.05, 0.1) is 0 Å². The zero-order valence-corrected chi connectivity index (χ0v) is 12.1. The molecule has 3 N–H and O–H groups in total. The Balaban J connectivity index is 1.48. The highest BCUT2D eigenvalue weighted by atomic mass is 16.2. The van der Waals surface area contributed by atoms with Crippen LogP contribution in [-0.4, -0.2) is 30.9 Å². The monoisotopic (exact) mass is 287 g/mol. The minimum atomic E-state index is -0.0406. The van der Waals surface area contributed by atoms with Gasteiger partial charge in [0.1, 0.15) is 0 Å². The Hall–Kier alpha value is -1.88. The first-order chi connectivity index (χ1) is 10.2. The molecular weight excluding hydrogens is 266 g/mol. The topological polar surface area (TPSA) is 70.2 Å². The normalized spacial score (nSPS) is 17.0. The summed E-state index contributed by atoms with van der Waals surface area (Å²) in [4.78, 5) is 23.4. The van der Waals surface area contributed by atoms with E-state index in [0.717, 1.165) is 30.3 Å². The molecular formula is C16H21N3O2. The average molecular weight is 287 g/mol. The first-order valence-electron chi connectivity index (χ1n) is 7.67. The average Bonchev–Trinajstić information content (AvgIpc) is 3.30. The number of hydrogen-bond acceptors (Lipinski definition) is 3. The van der Waals surface area contributed by atoms with Crippen LogP contribution >= 0.6 is 0 Å². The van der Waals surface area contributed by atoms with Gasteiger partial charge in [-0.1, -0.05) is 0 Å². The van der Waals surface area contributed by atoms with Gasteiger partial charge in [0.2, 0.25) is 5.91 Å². The van der Waals surface area contributed by atoms with E-state index in [-0.39, 0.29) is 11.8 Å². The van der Waals surface area contributed by atoms with Crippen LogP contribution in [-0.2, 0) is 11.2 Å². The molecule has 1 aromatic rings. The SMILES string of the molecule is O=C1CCc2cc(C(=O)NCCCNC3CC3)ccc2N1. The third-order valence-electron chi connectivity index (χ3n) is 3.91. The van der Waals surface area contributed by atoms with Gasteiger partial charge >= 0.3 is 0 Å². The summed E-state index contributed by atoms with van der Waals surface area (Å²) < 4.78 is 0. The molecule has 21 heavy (non-hydrogen) atoms. The molecule has 2 aliphatic rings. The lowest BCUT2D eigenvalue weighted by atomic mass is 10.00.